The van der Waals surface area contributed by atoms with Gasteiger partial charge in [-0.25, -0.2) is 4.68 Å². The summed E-state index contributed by atoms with van der Waals surface area (Å²) >= 11 is 5.98. The number of aryl methyl sites for hydroxylation is 1. The van der Waals surface area contributed by atoms with Gasteiger partial charge in [-0.15, -0.1) is 0 Å². The highest BCUT2D eigenvalue weighted by molar-refractivity contribution is 6.34. The molecule has 1 saturated heterocycles. The monoisotopic (exact) mass is 362 g/mol. The van der Waals surface area contributed by atoms with Crippen molar-refractivity contribution in [2.75, 3.05) is 20.1 Å². The van der Waals surface area contributed by atoms with Crippen molar-refractivity contribution in [3.8, 4) is 0 Å². The van der Waals surface area contributed by atoms with Crippen LogP contribution in [0, 0.1) is 0 Å². The van der Waals surface area contributed by atoms with Crippen LogP contribution in [0.1, 0.15) is 6.42 Å². The predicted molar refractivity (Wildman–Crippen MR) is 82.4 cm³/mol. The van der Waals surface area contributed by atoms with Crippen molar-refractivity contribution >= 4 is 22.4 Å². The third-order valence-electron chi connectivity index (χ3n) is 4.47. The number of aromatic nitrogens is 3. The lowest BCUT2D eigenvalue weighted by molar-refractivity contribution is -0.211. The van der Waals surface area contributed by atoms with E-state index in [0.29, 0.717) is 4.57 Å². The van der Waals surface area contributed by atoms with Gasteiger partial charge in [0.2, 0.25) is 0 Å². The third kappa shape index (κ3) is 2.34. The van der Waals surface area contributed by atoms with Crippen molar-refractivity contribution in [2.45, 2.75) is 18.1 Å². The maximum absolute atomic E-state index is 13.8. The van der Waals surface area contributed by atoms with E-state index in [0.717, 1.165) is 16.9 Å². The number of halogens is 4. The molecule has 1 unspecified atom stereocenters. The van der Waals surface area contributed by atoms with E-state index in [1.54, 1.807) is 7.05 Å². The lowest BCUT2D eigenvalue weighted by Gasteiger charge is -2.33. The van der Waals surface area contributed by atoms with E-state index >= 15 is 0 Å². The van der Waals surface area contributed by atoms with Gasteiger partial charge < -0.3 is 4.90 Å². The van der Waals surface area contributed by atoms with Crippen LogP contribution in [0.15, 0.2) is 21.9 Å². The summed E-state index contributed by atoms with van der Waals surface area (Å²) in [6, 6.07) is 0.900. The number of rotatable bonds is 1. The topological polar surface area (TPSA) is 60.1 Å². The Hall–Kier alpha value is -1.87. The van der Waals surface area contributed by atoms with E-state index in [9.17, 15) is 22.8 Å². The van der Waals surface area contributed by atoms with Crippen LogP contribution in [-0.4, -0.2) is 45.6 Å². The number of likely N-dealkylation sites (tertiary alicyclic amines) is 1. The molecule has 0 radical (unpaired) electrons. The number of hydrogen-bond acceptors (Lipinski definition) is 4. The zero-order valence-corrected chi connectivity index (χ0v) is 13.6. The predicted octanol–water partition coefficient (Wildman–Crippen LogP) is 1.34. The van der Waals surface area contributed by atoms with Crippen molar-refractivity contribution in [1.29, 1.82) is 0 Å². The van der Waals surface area contributed by atoms with Gasteiger partial charge in [0.1, 0.15) is 0 Å². The van der Waals surface area contributed by atoms with Gasteiger partial charge in [-0.1, -0.05) is 11.6 Å². The summed E-state index contributed by atoms with van der Waals surface area (Å²) in [5.41, 5.74) is -3.84. The van der Waals surface area contributed by atoms with E-state index in [-0.39, 0.29) is 35.4 Å². The molecule has 0 spiro atoms. The van der Waals surface area contributed by atoms with Crippen LogP contribution in [0.3, 0.4) is 0 Å². The van der Waals surface area contributed by atoms with Gasteiger partial charge in [0.25, 0.3) is 11.1 Å². The molecule has 24 heavy (non-hydrogen) atoms. The molecule has 0 amide bonds. The first-order chi connectivity index (χ1) is 11.1. The molecule has 10 heteroatoms. The van der Waals surface area contributed by atoms with Crippen LogP contribution < -0.4 is 11.1 Å². The summed E-state index contributed by atoms with van der Waals surface area (Å²) in [6.07, 6.45) is -3.88. The Balaban J connectivity index is 2.36. The van der Waals surface area contributed by atoms with Crippen molar-refractivity contribution in [1.82, 2.24) is 19.2 Å². The Morgan fingerprint density at radius 1 is 1.25 bits per heavy atom. The van der Waals surface area contributed by atoms with Crippen molar-refractivity contribution in [3.63, 3.8) is 0 Å². The van der Waals surface area contributed by atoms with E-state index in [4.69, 9.17) is 11.6 Å². The number of fused-ring (bicyclic) bond motifs is 1. The Morgan fingerprint density at radius 3 is 2.46 bits per heavy atom. The molecular weight excluding hydrogens is 349 g/mol. The van der Waals surface area contributed by atoms with Gasteiger partial charge in [0.15, 0.2) is 10.7 Å². The van der Waals surface area contributed by atoms with Gasteiger partial charge in [-0.3, -0.25) is 14.2 Å². The summed E-state index contributed by atoms with van der Waals surface area (Å²) in [5.74, 6) is 0. The second-order valence-corrected chi connectivity index (χ2v) is 6.40. The molecule has 130 valence electrons. The number of alkyl halides is 3. The highest BCUT2D eigenvalue weighted by Crippen LogP contribution is 2.43. The third-order valence-corrected chi connectivity index (χ3v) is 4.74. The standard InChI is InChI=1S/C14H14ClF3N4O2/c1-20-4-3-13(7-20,14(16,17)18)22-6-9-8(5-10(22)23)12(24)21(2)19-11(9)15/h5-6H,3-4,7H2,1-2H3. The largest absolute Gasteiger partial charge is 0.413 e. The molecule has 2 aromatic rings. The lowest BCUT2D eigenvalue weighted by atomic mass is 9.96. The summed E-state index contributed by atoms with van der Waals surface area (Å²) in [4.78, 5) is 26.0. The molecule has 1 fully saturated rings. The fraction of sp³-hybridized carbons (Fsp3) is 0.500. The maximum atomic E-state index is 13.8. The molecule has 0 aliphatic carbocycles. The molecule has 2 aromatic heterocycles. The molecular formula is C14H14ClF3N4O2. The minimum atomic E-state index is -4.63. The summed E-state index contributed by atoms with van der Waals surface area (Å²) < 4.78 is 43.0. The second kappa shape index (κ2) is 5.32. The van der Waals surface area contributed by atoms with Crippen molar-refractivity contribution in [3.05, 3.63) is 38.1 Å². The van der Waals surface area contributed by atoms with E-state index in [1.807, 2.05) is 0 Å². The van der Waals surface area contributed by atoms with Gasteiger partial charge in [-0.05, 0) is 13.5 Å². The van der Waals surface area contributed by atoms with Crippen molar-refractivity contribution in [2.24, 2.45) is 7.05 Å². The maximum Gasteiger partial charge on any atom is 0.413 e. The normalized spacial score (nSPS) is 22.4. The number of likely N-dealkylation sites (N-methyl/N-ethyl adjacent to an activating group) is 1. The number of pyridine rings is 1. The minimum Gasteiger partial charge on any atom is -0.304 e. The first-order valence-corrected chi connectivity index (χ1v) is 7.49. The average molecular weight is 363 g/mol. The molecule has 3 heterocycles. The Kier molecular flexibility index (Phi) is 3.76. The molecule has 0 bridgehead atoms. The van der Waals surface area contributed by atoms with E-state index in [2.05, 4.69) is 5.10 Å². The molecule has 0 saturated carbocycles. The number of nitrogens with zero attached hydrogens (tertiary/aromatic N) is 4. The molecule has 1 atom stereocenters. The SMILES string of the molecule is CN1CCC(n2cc3c(Cl)nn(C)c(=O)c3cc2=O)(C(F)(F)F)C1. The molecule has 0 aromatic carbocycles. The lowest BCUT2D eigenvalue weighted by Crippen LogP contribution is -2.53. The minimum absolute atomic E-state index is 0.0255. The molecule has 1 aliphatic rings. The van der Waals surface area contributed by atoms with Crippen LogP contribution in [0.25, 0.3) is 10.8 Å². The van der Waals surface area contributed by atoms with Crippen LogP contribution in [-0.2, 0) is 12.6 Å². The summed E-state index contributed by atoms with van der Waals surface area (Å²) in [5, 5.41) is 3.60. The Bertz CT molecular complexity index is 936. The van der Waals surface area contributed by atoms with Crippen LogP contribution >= 0.6 is 11.6 Å². The quantitative estimate of drug-likeness (QED) is 0.768. The fourth-order valence-corrected chi connectivity index (χ4v) is 3.42. The summed E-state index contributed by atoms with van der Waals surface area (Å²) in [6.45, 7) is -0.148. The molecule has 3 rings (SSSR count). The van der Waals surface area contributed by atoms with Gasteiger partial charge >= 0.3 is 6.18 Å². The van der Waals surface area contributed by atoms with Gasteiger partial charge in [-0.2, -0.15) is 18.3 Å². The zero-order valence-electron chi connectivity index (χ0n) is 12.9. The molecule has 6 nitrogen and oxygen atoms in total. The van der Waals surface area contributed by atoms with Crippen LogP contribution in [0.5, 0.6) is 0 Å². The highest BCUT2D eigenvalue weighted by atomic mass is 35.5. The van der Waals surface area contributed by atoms with E-state index < -0.39 is 22.8 Å². The zero-order chi connectivity index (χ0) is 17.9. The first-order valence-electron chi connectivity index (χ1n) is 7.12. The Morgan fingerprint density at radius 2 is 1.92 bits per heavy atom. The fourth-order valence-electron chi connectivity index (χ4n) is 3.16. The van der Waals surface area contributed by atoms with Crippen molar-refractivity contribution < 1.29 is 13.2 Å². The average Bonchev–Trinajstić information content (AvgIpc) is 2.87. The van der Waals surface area contributed by atoms with Crippen LogP contribution in [0.4, 0.5) is 13.2 Å². The molecule has 0 N–H and O–H groups in total. The molecule has 1 aliphatic heterocycles. The Labute approximate surface area is 139 Å². The van der Waals surface area contributed by atoms with Gasteiger partial charge in [0.05, 0.1) is 5.39 Å². The number of hydrogen-bond donors (Lipinski definition) is 0. The highest BCUT2D eigenvalue weighted by Gasteiger charge is 2.59. The van der Waals surface area contributed by atoms with E-state index in [1.165, 1.54) is 11.9 Å². The second-order valence-electron chi connectivity index (χ2n) is 6.05. The van der Waals surface area contributed by atoms with Gasteiger partial charge in [0, 0.05) is 37.8 Å². The smallest absolute Gasteiger partial charge is 0.304 e. The summed E-state index contributed by atoms with van der Waals surface area (Å²) in [7, 11) is 2.91. The first kappa shape index (κ1) is 17.0. The van der Waals surface area contributed by atoms with Crippen LogP contribution in [0.2, 0.25) is 5.15 Å².